The number of aromatic nitrogens is 3. The molecule has 0 radical (unpaired) electrons. The summed E-state index contributed by atoms with van der Waals surface area (Å²) >= 11 is 3.52. The first-order valence-electron chi connectivity index (χ1n) is 6.24. The van der Waals surface area contributed by atoms with Gasteiger partial charge in [0.2, 0.25) is 0 Å². The van der Waals surface area contributed by atoms with E-state index in [-0.39, 0.29) is 5.56 Å². The number of nitrogens with zero attached hydrogens (tertiary/aromatic N) is 3. The van der Waals surface area contributed by atoms with Gasteiger partial charge in [-0.3, -0.25) is 19.3 Å². The summed E-state index contributed by atoms with van der Waals surface area (Å²) in [5.74, 6) is 0.555. The molecular weight excluding hydrogens is 324 g/mol. The molecule has 2 aromatic rings. The Labute approximate surface area is 123 Å². The monoisotopic (exact) mass is 336 g/mol. The Bertz CT molecular complexity index is 749. The van der Waals surface area contributed by atoms with E-state index in [1.807, 2.05) is 11.0 Å². The van der Waals surface area contributed by atoms with Crippen molar-refractivity contribution in [2.75, 3.05) is 11.4 Å². The second-order valence-corrected chi connectivity index (χ2v) is 5.60. The van der Waals surface area contributed by atoms with Crippen LogP contribution in [-0.2, 0) is 20.0 Å². The van der Waals surface area contributed by atoms with Gasteiger partial charge in [0.1, 0.15) is 5.82 Å². The number of halogens is 1. The van der Waals surface area contributed by atoms with Crippen LogP contribution in [0.25, 0.3) is 0 Å². The molecule has 0 atom stereocenters. The molecule has 0 aromatic carbocycles. The predicted octanol–water partition coefficient (Wildman–Crippen LogP) is 0.794. The molecule has 20 heavy (non-hydrogen) atoms. The lowest BCUT2D eigenvalue weighted by Gasteiger charge is -2.30. The third-order valence-corrected chi connectivity index (χ3v) is 4.27. The second-order valence-electron chi connectivity index (χ2n) is 4.75. The van der Waals surface area contributed by atoms with Gasteiger partial charge in [-0.25, -0.2) is 4.79 Å². The van der Waals surface area contributed by atoms with Gasteiger partial charge in [0, 0.05) is 54.6 Å². The number of anilines is 1. The maximum atomic E-state index is 11.7. The zero-order chi connectivity index (χ0) is 14.3. The fourth-order valence-electron chi connectivity index (χ4n) is 2.32. The maximum absolute atomic E-state index is 11.7. The van der Waals surface area contributed by atoms with Gasteiger partial charge >= 0.3 is 5.69 Å². The molecule has 0 saturated carbocycles. The Morgan fingerprint density at radius 1 is 1.40 bits per heavy atom. The lowest BCUT2D eigenvalue weighted by Crippen LogP contribution is -2.38. The average Bonchev–Trinajstić information content (AvgIpc) is 2.44. The quantitative estimate of drug-likeness (QED) is 0.835. The van der Waals surface area contributed by atoms with E-state index in [9.17, 15) is 9.59 Å². The molecule has 0 amide bonds. The normalized spacial score (nSPS) is 14.2. The third-order valence-electron chi connectivity index (χ3n) is 3.53. The van der Waals surface area contributed by atoms with Crippen molar-refractivity contribution in [3.8, 4) is 0 Å². The highest BCUT2D eigenvalue weighted by Crippen LogP contribution is 2.26. The average molecular weight is 337 g/mol. The SMILES string of the molecule is Cn1c(=O)cc(N2CCc3nccc(Br)c3C2)[nH]c1=O. The third kappa shape index (κ3) is 2.18. The van der Waals surface area contributed by atoms with E-state index >= 15 is 0 Å². The van der Waals surface area contributed by atoms with Crippen LogP contribution >= 0.6 is 15.9 Å². The van der Waals surface area contributed by atoms with E-state index in [0.29, 0.717) is 12.4 Å². The molecule has 3 rings (SSSR count). The molecular formula is C13H13BrN4O2. The minimum Gasteiger partial charge on any atom is -0.353 e. The van der Waals surface area contributed by atoms with Gasteiger partial charge in [-0.15, -0.1) is 0 Å². The number of aromatic amines is 1. The fraction of sp³-hybridized carbons (Fsp3) is 0.308. The molecule has 0 bridgehead atoms. The molecule has 0 saturated heterocycles. The van der Waals surface area contributed by atoms with Crippen molar-refractivity contribution in [3.05, 3.63) is 54.9 Å². The Morgan fingerprint density at radius 2 is 2.20 bits per heavy atom. The van der Waals surface area contributed by atoms with Crippen LogP contribution in [0.2, 0.25) is 0 Å². The van der Waals surface area contributed by atoms with Gasteiger partial charge < -0.3 is 4.90 Å². The van der Waals surface area contributed by atoms with Crippen LogP contribution in [0.4, 0.5) is 5.82 Å². The predicted molar refractivity (Wildman–Crippen MR) is 79.0 cm³/mol. The maximum Gasteiger partial charge on any atom is 0.329 e. The van der Waals surface area contributed by atoms with Crippen LogP contribution in [0.3, 0.4) is 0 Å². The van der Waals surface area contributed by atoms with Crippen molar-refractivity contribution in [3.63, 3.8) is 0 Å². The van der Waals surface area contributed by atoms with E-state index in [4.69, 9.17) is 0 Å². The van der Waals surface area contributed by atoms with Crippen molar-refractivity contribution >= 4 is 21.7 Å². The number of rotatable bonds is 1. The Morgan fingerprint density at radius 3 is 2.95 bits per heavy atom. The number of nitrogens with one attached hydrogen (secondary N) is 1. The summed E-state index contributed by atoms with van der Waals surface area (Å²) in [4.78, 5) is 32.5. The highest BCUT2D eigenvalue weighted by atomic mass is 79.9. The standard InChI is InChI=1S/C13H13BrN4O2/c1-17-12(19)6-11(16-13(17)20)18-5-3-10-8(7-18)9(14)2-4-15-10/h2,4,6H,3,5,7H2,1H3,(H,16,20). The van der Waals surface area contributed by atoms with Crippen molar-refractivity contribution in [1.29, 1.82) is 0 Å². The second kappa shape index (κ2) is 4.90. The molecule has 0 fully saturated rings. The smallest absolute Gasteiger partial charge is 0.329 e. The van der Waals surface area contributed by atoms with E-state index in [0.717, 1.165) is 33.3 Å². The summed E-state index contributed by atoms with van der Waals surface area (Å²) in [6.45, 7) is 1.34. The van der Waals surface area contributed by atoms with Crippen LogP contribution in [0.15, 0.2) is 32.4 Å². The first-order chi connectivity index (χ1) is 9.56. The summed E-state index contributed by atoms with van der Waals surface area (Å²) in [5, 5.41) is 0. The molecule has 1 N–H and O–H groups in total. The first kappa shape index (κ1) is 13.1. The first-order valence-corrected chi connectivity index (χ1v) is 7.03. The van der Waals surface area contributed by atoms with E-state index in [1.54, 1.807) is 6.20 Å². The van der Waals surface area contributed by atoms with Gasteiger partial charge in [-0.2, -0.15) is 0 Å². The summed E-state index contributed by atoms with van der Waals surface area (Å²) in [6, 6.07) is 3.35. The van der Waals surface area contributed by atoms with Gasteiger partial charge in [-0.05, 0) is 6.07 Å². The molecule has 6 nitrogen and oxygen atoms in total. The Hall–Kier alpha value is -1.89. The van der Waals surface area contributed by atoms with Crippen LogP contribution in [-0.4, -0.2) is 21.1 Å². The largest absolute Gasteiger partial charge is 0.353 e. The lowest BCUT2D eigenvalue weighted by atomic mass is 10.1. The van der Waals surface area contributed by atoms with E-state index < -0.39 is 5.69 Å². The summed E-state index contributed by atoms with van der Waals surface area (Å²) in [7, 11) is 1.46. The van der Waals surface area contributed by atoms with Gasteiger partial charge in [0.15, 0.2) is 0 Å². The number of H-pyrrole nitrogens is 1. The minimum absolute atomic E-state index is 0.306. The van der Waals surface area contributed by atoms with Crippen molar-refractivity contribution in [1.82, 2.24) is 14.5 Å². The molecule has 7 heteroatoms. The number of hydrogen-bond acceptors (Lipinski definition) is 4. The van der Waals surface area contributed by atoms with Gasteiger partial charge in [0.05, 0.1) is 0 Å². The summed E-state index contributed by atoms with van der Waals surface area (Å²) < 4.78 is 2.05. The fourth-order valence-corrected chi connectivity index (χ4v) is 2.79. The Balaban J connectivity index is 2.00. The van der Waals surface area contributed by atoms with E-state index in [2.05, 4.69) is 25.9 Å². The van der Waals surface area contributed by atoms with Crippen molar-refractivity contribution in [2.45, 2.75) is 13.0 Å². The van der Waals surface area contributed by atoms with Crippen LogP contribution in [0.5, 0.6) is 0 Å². The zero-order valence-corrected chi connectivity index (χ0v) is 12.5. The topological polar surface area (TPSA) is 71.0 Å². The molecule has 1 aliphatic rings. The highest BCUT2D eigenvalue weighted by molar-refractivity contribution is 9.10. The summed E-state index contributed by atoms with van der Waals surface area (Å²) in [5.41, 5.74) is 1.45. The van der Waals surface area contributed by atoms with Gasteiger partial charge in [0.25, 0.3) is 5.56 Å². The zero-order valence-electron chi connectivity index (χ0n) is 10.9. The summed E-state index contributed by atoms with van der Waals surface area (Å²) in [6.07, 6.45) is 2.56. The molecule has 104 valence electrons. The Kier molecular flexibility index (Phi) is 3.21. The molecule has 3 heterocycles. The number of hydrogen-bond donors (Lipinski definition) is 1. The van der Waals surface area contributed by atoms with Gasteiger partial charge in [-0.1, -0.05) is 15.9 Å². The molecule has 0 spiro atoms. The van der Waals surface area contributed by atoms with Crippen LogP contribution in [0, 0.1) is 0 Å². The lowest BCUT2D eigenvalue weighted by molar-refractivity contribution is 0.683. The molecule has 0 unspecified atom stereocenters. The van der Waals surface area contributed by atoms with Crippen LogP contribution < -0.4 is 16.1 Å². The van der Waals surface area contributed by atoms with Crippen LogP contribution in [0.1, 0.15) is 11.3 Å². The van der Waals surface area contributed by atoms with Crippen molar-refractivity contribution in [2.24, 2.45) is 7.05 Å². The number of fused-ring (bicyclic) bond motifs is 1. The number of pyridine rings is 1. The molecule has 2 aromatic heterocycles. The molecule has 0 aliphatic carbocycles. The van der Waals surface area contributed by atoms with Crippen molar-refractivity contribution < 1.29 is 0 Å². The minimum atomic E-state index is -0.399. The molecule has 1 aliphatic heterocycles. The highest BCUT2D eigenvalue weighted by Gasteiger charge is 2.20. The van der Waals surface area contributed by atoms with E-state index in [1.165, 1.54) is 13.1 Å².